The first-order chi connectivity index (χ1) is 12.7. The van der Waals surface area contributed by atoms with Crippen molar-refractivity contribution >= 4 is 11.8 Å². The normalized spacial score (nSPS) is 26.2. The monoisotopic (exact) mass is 386 g/mol. The number of carbonyl (C=O) groups excluding carboxylic acids is 1. The summed E-state index contributed by atoms with van der Waals surface area (Å²) in [7, 11) is 0. The van der Waals surface area contributed by atoms with E-state index in [9.17, 15) is 19.8 Å². The van der Waals surface area contributed by atoms with Gasteiger partial charge in [-0.05, 0) is 24.8 Å². The molecule has 0 spiro atoms. The lowest BCUT2D eigenvalue weighted by Crippen LogP contribution is -2.38. The predicted molar refractivity (Wildman–Crippen MR) is 92.8 cm³/mol. The number of hydrogen-bond acceptors (Lipinski definition) is 10. The van der Waals surface area contributed by atoms with E-state index in [2.05, 4.69) is 4.98 Å². The quantitative estimate of drug-likeness (QED) is 0.275. The Balaban J connectivity index is 1.96. The number of aliphatic hydroxyl groups is 2. The van der Waals surface area contributed by atoms with Crippen LogP contribution in [0.5, 0.6) is 0 Å². The lowest BCUT2D eigenvalue weighted by molar-refractivity contribution is -0.152. The first-order valence-electron chi connectivity index (χ1n) is 8.67. The maximum atomic E-state index is 12.0. The van der Waals surface area contributed by atoms with Crippen LogP contribution in [-0.4, -0.2) is 61.9 Å². The Morgan fingerprint density at radius 1 is 1.41 bits per heavy atom. The Hall–Kier alpha value is -2.05. The van der Waals surface area contributed by atoms with Crippen LogP contribution < -0.4 is 16.9 Å². The molecule has 2 heterocycles. The summed E-state index contributed by atoms with van der Waals surface area (Å²) in [6.07, 6.45) is -2.58. The van der Waals surface area contributed by atoms with Crippen molar-refractivity contribution in [1.82, 2.24) is 9.55 Å². The Morgan fingerprint density at radius 3 is 2.70 bits per heavy atom. The Morgan fingerprint density at radius 2 is 2.11 bits per heavy atom. The maximum Gasteiger partial charge on any atom is 0.351 e. The largest absolute Gasteiger partial charge is 0.462 e. The number of aromatic nitrogens is 2. The zero-order chi connectivity index (χ0) is 20.1. The molecule has 6 N–H and O–H groups in total. The topological polar surface area (TPSA) is 169 Å². The Kier molecular flexibility index (Phi) is 7.27. The first-order valence-corrected chi connectivity index (χ1v) is 8.67. The summed E-state index contributed by atoms with van der Waals surface area (Å²) in [6.45, 7) is 3.71. The van der Waals surface area contributed by atoms with E-state index in [1.54, 1.807) is 5.48 Å². The van der Waals surface area contributed by atoms with Gasteiger partial charge in [-0.2, -0.15) is 4.98 Å². The van der Waals surface area contributed by atoms with E-state index in [1.807, 2.05) is 13.8 Å². The van der Waals surface area contributed by atoms with Crippen molar-refractivity contribution in [3.05, 3.63) is 22.7 Å². The van der Waals surface area contributed by atoms with E-state index >= 15 is 0 Å². The van der Waals surface area contributed by atoms with Crippen molar-refractivity contribution in [2.45, 2.75) is 57.3 Å². The molecule has 1 fully saturated rings. The number of hydrogen-bond donors (Lipinski definition) is 5. The van der Waals surface area contributed by atoms with Gasteiger partial charge in [0.1, 0.15) is 31.0 Å². The van der Waals surface area contributed by atoms with E-state index in [4.69, 9.17) is 20.4 Å². The first kappa shape index (κ1) is 21.3. The zero-order valence-electron chi connectivity index (χ0n) is 15.2. The standard InChI is InChI=1S/C16H26N4O7/c1-8(2)3-4-9(17)15(23)26-7-10-12(21)13(22)14(27-10)20-6-5-11(19-25)18-16(20)24/h5-6,8-10,12-14,21-22,25H,3-4,7,17H2,1-2H3,(H,18,19,24)/t9-,10-,12-,13-,14-/m1/s1. The third kappa shape index (κ3) is 5.23. The predicted octanol–water partition coefficient (Wildman–Crippen LogP) is -1.03. The molecule has 1 aliphatic rings. The van der Waals surface area contributed by atoms with Gasteiger partial charge in [-0.3, -0.25) is 20.0 Å². The molecule has 2 rings (SSSR count). The van der Waals surface area contributed by atoms with Gasteiger partial charge in [0.05, 0.1) is 0 Å². The van der Waals surface area contributed by atoms with Gasteiger partial charge in [0.25, 0.3) is 0 Å². The fourth-order valence-electron chi connectivity index (χ4n) is 2.67. The summed E-state index contributed by atoms with van der Waals surface area (Å²) in [5.74, 6) is -0.300. The second-order valence-corrected chi connectivity index (χ2v) is 6.87. The number of esters is 1. The van der Waals surface area contributed by atoms with Crippen LogP contribution in [0.4, 0.5) is 5.82 Å². The summed E-state index contributed by atoms with van der Waals surface area (Å²) in [4.78, 5) is 27.4. The van der Waals surface area contributed by atoms with Crippen molar-refractivity contribution in [1.29, 1.82) is 0 Å². The fraction of sp³-hybridized carbons (Fsp3) is 0.688. The molecule has 1 aliphatic heterocycles. The van der Waals surface area contributed by atoms with E-state index in [-0.39, 0.29) is 12.4 Å². The average Bonchev–Trinajstić information content (AvgIpc) is 2.92. The molecular formula is C16H26N4O7. The number of nitrogens with two attached hydrogens (primary N) is 1. The lowest BCUT2D eigenvalue weighted by Gasteiger charge is -2.17. The number of aliphatic hydroxyl groups excluding tert-OH is 2. The third-order valence-corrected chi connectivity index (χ3v) is 4.30. The van der Waals surface area contributed by atoms with Crippen molar-refractivity contribution in [2.24, 2.45) is 11.7 Å². The minimum Gasteiger partial charge on any atom is -0.462 e. The summed E-state index contributed by atoms with van der Waals surface area (Å²) >= 11 is 0. The van der Waals surface area contributed by atoms with E-state index in [1.165, 1.54) is 12.3 Å². The molecule has 11 heteroatoms. The molecule has 0 amide bonds. The number of rotatable bonds is 8. The molecule has 152 valence electrons. The molecule has 0 aromatic carbocycles. The summed E-state index contributed by atoms with van der Waals surface area (Å²) in [6, 6.07) is 0.502. The van der Waals surface area contributed by atoms with Gasteiger partial charge in [0, 0.05) is 6.20 Å². The van der Waals surface area contributed by atoms with Crippen LogP contribution in [0.2, 0.25) is 0 Å². The second kappa shape index (κ2) is 9.24. The highest BCUT2D eigenvalue weighted by Crippen LogP contribution is 2.28. The highest BCUT2D eigenvalue weighted by Gasteiger charge is 2.44. The van der Waals surface area contributed by atoms with Gasteiger partial charge in [-0.25, -0.2) is 4.79 Å². The molecule has 11 nitrogen and oxygen atoms in total. The molecule has 1 aromatic rings. The average molecular weight is 386 g/mol. The Labute approximate surface area is 155 Å². The van der Waals surface area contributed by atoms with Crippen LogP contribution in [0.25, 0.3) is 0 Å². The van der Waals surface area contributed by atoms with E-state index < -0.39 is 42.2 Å². The smallest absolute Gasteiger partial charge is 0.351 e. The van der Waals surface area contributed by atoms with Crippen LogP contribution in [0.15, 0.2) is 17.1 Å². The molecule has 0 unspecified atom stereocenters. The molecule has 0 bridgehead atoms. The molecule has 5 atom stereocenters. The highest BCUT2D eigenvalue weighted by atomic mass is 16.6. The van der Waals surface area contributed by atoms with Crippen molar-refractivity contribution in [3.63, 3.8) is 0 Å². The molecular weight excluding hydrogens is 360 g/mol. The summed E-state index contributed by atoms with van der Waals surface area (Å²) in [5.41, 5.74) is 6.69. The second-order valence-electron chi connectivity index (χ2n) is 6.87. The summed E-state index contributed by atoms with van der Waals surface area (Å²) in [5, 5.41) is 29.0. The number of nitrogens with zero attached hydrogens (tertiary/aromatic N) is 2. The lowest BCUT2D eigenvalue weighted by atomic mass is 10.0. The zero-order valence-corrected chi connectivity index (χ0v) is 15.2. The van der Waals surface area contributed by atoms with Gasteiger partial charge < -0.3 is 25.4 Å². The van der Waals surface area contributed by atoms with Crippen LogP contribution in [0.1, 0.15) is 32.9 Å². The molecule has 1 saturated heterocycles. The molecule has 0 radical (unpaired) electrons. The summed E-state index contributed by atoms with van der Waals surface area (Å²) < 4.78 is 11.5. The Bertz CT molecular complexity index is 696. The van der Waals surface area contributed by atoms with Crippen LogP contribution in [0, 0.1) is 5.92 Å². The number of carbonyl (C=O) groups is 1. The SMILES string of the molecule is CC(C)CC[C@@H](N)C(=O)OC[C@H]1O[C@@H](n2ccc(NO)nc2=O)[C@H](O)[C@@H]1O. The number of ether oxygens (including phenoxy) is 2. The number of anilines is 1. The van der Waals surface area contributed by atoms with Gasteiger partial charge in [0.15, 0.2) is 12.0 Å². The number of nitrogens with one attached hydrogen (secondary N) is 1. The molecule has 0 saturated carbocycles. The molecule has 27 heavy (non-hydrogen) atoms. The van der Waals surface area contributed by atoms with Crippen LogP contribution in [-0.2, 0) is 14.3 Å². The van der Waals surface area contributed by atoms with Crippen molar-refractivity contribution < 1.29 is 29.7 Å². The minimum atomic E-state index is -1.43. The van der Waals surface area contributed by atoms with Crippen molar-refractivity contribution in [2.75, 3.05) is 12.1 Å². The van der Waals surface area contributed by atoms with E-state index in [0.29, 0.717) is 12.3 Å². The molecule has 0 aliphatic carbocycles. The van der Waals surface area contributed by atoms with Crippen molar-refractivity contribution in [3.8, 4) is 0 Å². The highest BCUT2D eigenvalue weighted by molar-refractivity contribution is 5.75. The maximum absolute atomic E-state index is 12.0. The minimum absolute atomic E-state index is 0.0786. The molecule has 1 aromatic heterocycles. The fourth-order valence-corrected chi connectivity index (χ4v) is 2.67. The van der Waals surface area contributed by atoms with Crippen LogP contribution >= 0.6 is 0 Å². The van der Waals surface area contributed by atoms with E-state index in [0.717, 1.165) is 11.0 Å². The van der Waals surface area contributed by atoms with Gasteiger partial charge >= 0.3 is 11.7 Å². The third-order valence-electron chi connectivity index (χ3n) is 4.30. The van der Waals surface area contributed by atoms with Crippen LogP contribution in [0.3, 0.4) is 0 Å². The van der Waals surface area contributed by atoms with Gasteiger partial charge in [-0.1, -0.05) is 13.8 Å². The van der Waals surface area contributed by atoms with Gasteiger partial charge in [0.2, 0.25) is 0 Å². The van der Waals surface area contributed by atoms with Gasteiger partial charge in [-0.15, -0.1) is 0 Å².